The molecular weight excluding hydrogens is 514 g/mol. The van der Waals surface area contributed by atoms with Gasteiger partial charge in [0, 0.05) is 57.7 Å². The molecule has 3 aromatic carbocycles. The first-order chi connectivity index (χ1) is 19.4. The van der Waals surface area contributed by atoms with Crippen molar-refractivity contribution >= 4 is 44.6 Å². The first kappa shape index (κ1) is 27.1. The molecule has 2 aromatic heterocycles. The molecule has 0 aliphatic carbocycles. The van der Waals surface area contributed by atoms with Gasteiger partial charge in [0.05, 0.1) is 24.2 Å². The zero-order valence-corrected chi connectivity index (χ0v) is 22.5. The maximum absolute atomic E-state index is 14.4. The van der Waals surface area contributed by atoms with Crippen LogP contribution in [0, 0.1) is 0 Å². The van der Waals surface area contributed by atoms with Gasteiger partial charge in [-0.2, -0.15) is 0 Å². The van der Waals surface area contributed by atoms with Crippen molar-refractivity contribution < 1.29 is 27.8 Å². The number of methoxy groups -OCH3 is 2. The van der Waals surface area contributed by atoms with Gasteiger partial charge < -0.3 is 27.9 Å². The van der Waals surface area contributed by atoms with Gasteiger partial charge in [0.25, 0.3) is 0 Å². The Hall–Kier alpha value is -4.47. The van der Waals surface area contributed by atoms with Crippen LogP contribution in [0.15, 0.2) is 79.1 Å². The van der Waals surface area contributed by atoms with Crippen LogP contribution < -0.4 is 20.7 Å². The second kappa shape index (κ2) is 11.7. The van der Waals surface area contributed by atoms with E-state index in [1.165, 1.54) is 13.0 Å². The van der Waals surface area contributed by atoms with Gasteiger partial charge >= 0.3 is 11.6 Å². The van der Waals surface area contributed by atoms with Crippen molar-refractivity contribution in [3.05, 3.63) is 92.4 Å². The fourth-order valence-electron chi connectivity index (χ4n) is 4.88. The Labute approximate surface area is 229 Å². The molecule has 5 aromatic rings. The Morgan fingerprint density at radius 1 is 0.825 bits per heavy atom. The molecule has 5 rings (SSSR count). The van der Waals surface area contributed by atoms with Crippen molar-refractivity contribution in [1.29, 1.82) is 0 Å². The van der Waals surface area contributed by atoms with Gasteiger partial charge in [-0.1, -0.05) is 30.3 Å². The number of ether oxygens (including phenoxy) is 3. The Morgan fingerprint density at radius 3 is 2.25 bits per heavy atom. The smallest absolute Gasteiger partial charge is 0.336 e. The zero-order valence-electron chi connectivity index (χ0n) is 22.5. The zero-order chi connectivity index (χ0) is 28.2. The van der Waals surface area contributed by atoms with Crippen LogP contribution in [0.4, 0.5) is 5.88 Å². The van der Waals surface area contributed by atoms with Gasteiger partial charge in [-0.15, -0.1) is 0 Å². The molecule has 0 spiro atoms. The van der Waals surface area contributed by atoms with Crippen molar-refractivity contribution in [1.82, 2.24) is 0 Å². The lowest BCUT2D eigenvalue weighted by Gasteiger charge is -2.25. The number of hydrogen-bond donors (Lipinski definition) is 0. The van der Waals surface area contributed by atoms with Crippen LogP contribution in [0.3, 0.4) is 0 Å². The highest BCUT2D eigenvalue weighted by molar-refractivity contribution is 6.06. The predicted molar refractivity (Wildman–Crippen MR) is 153 cm³/mol. The summed E-state index contributed by atoms with van der Waals surface area (Å²) in [5.74, 6) is -0.0126. The topological polar surface area (TPSA) is 108 Å². The standard InChI is InChI=1S/C31H29NO8/c1-19(33)38-25-11-9-21-10-13-27(34)40-30(21)23(25)18-24-29(35)28-22-7-5-4-6-20(22)8-12-26(28)39-31(24)32(14-16-36-2)15-17-37-3/h4-13H,14-18H2,1-3H3. The third-order valence-electron chi connectivity index (χ3n) is 6.73. The maximum atomic E-state index is 14.4. The number of anilines is 1. The van der Waals surface area contributed by atoms with E-state index in [1.54, 1.807) is 38.5 Å². The minimum absolute atomic E-state index is 0.0276. The Kier molecular flexibility index (Phi) is 7.95. The van der Waals surface area contributed by atoms with Crippen LogP contribution in [-0.4, -0.2) is 46.5 Å². The SMILES string of the molecule is COCCN(CCOC)c1oc2ccc3ccccc3c2c(=O)c1Cc1c(OC(C)=O)ccc2ccc(=O)oc12. The Balaban J connectivity index is 1.82. The van der Waals surface area contributed by atoms with Crippen LogP contribution >= 0.6 is 0 Å². The van der Waals surface area contributed by atoms with E-state index in [-0.39, 0.29) is 23.2 Å². The lowest BCUT2D eigenvalue weighted by atomic mass is 9.98. The van der Waals surface area contributed by atoms with E-state index >= 15 is 0 Å². The molecular formula is C31H29NO8. The fraction of sp³-hybridized carbons (Fsp3) is 0.258. The maximum Gasteiger partial charge on any atom is 0.336 e. The number of nitrogens with zero attached hydrogens (tertiary/aromatic N) is 1. The van der Waals surface area contributed by atoms with Crippen molar-refractivity contribution in [2.24, 2.45) is 0 Å². The quantitative estimate of drug-likeness (QED) is 0.107. The number of hydrogen-bond acceptors (Lipinski definition) is 9. The Morgan fingerprint density at radius 2 is 1.52 bits per heavy atom. The number of rotatable bonds is 10. The largest absolute Gasteiger partial charge is 0.440 e. The Bertz CT molecular complexity index is 1810. The molecule has 206 valence electrons. The van der Waals surface area contributed by atoms with Gasteiger partial charge in [-0.3, -0.25) is 9.59 Å². The second-order valence-electron chi connectivity index (χ2n) is 9.33. The molecule has 9 nitrogen and oxygen atoms in total. The monoisotopic (exact) mass is 543 g/mol. The number of fused-ring (bicyclic) bond motifs is 4. The number of carbonyl (C=O) groups excluding carboxylic acids is 1. The van der Waals surface area contributed by atoms with E-state index < -0.39 is 11.6 Å². The minimum atomic E-state index is -0.563. The van der Waals surface area contributed by atoms with E-state index in [1.807, 2.05) is 35.2 Å². The average Bonchev–Trinajstić information content (AvgIpc) is 2.95. The lowest BCUT2D eigenvalue weighted by molar-refractivity contribution is -0.131. The predicted octanol–water partition coefficient (Wildman–Crippen LogP) is 4.67. The highest BCUT2D eigenvalue weighted by Gasteiger charge is 2.25. The summed E-state index contributed by atoms with van der Waals surface area (Å²) in [5.41, 5.74) is 0.576. The van der Waals surface area contributed by atoms with Gasteiger partial charge in [0.1, 0.15) is 16.9 Å². The number of benzene rings is 3. The molecule has 2 heterocycles. The molecule has 0 aliphatic heterocycles. The molecule has 0 aliphatic rings. The minimum Gasteiger partial charge on any atom is -0.440 e. The second-order valence-corrected chi connectivity index (χ2v) is 9.33. The van der Waals surface area contributed by atoms with E-state index in [2.05, 4.69) is 0 Å². The fourth-order valence-corrected chi connectivity index (χ4v) is 4.88. The van der Waals surface area contributed by atoms with Crippen molar-refractivity contribution in [2.75, 3.05) is 45.4 Å². The summed E-state index contributed by atoms with van der Waals surface area (Å²) in [4.78, 5) is 40.5. The van der Waals surface area contributed by atoms with Gasteiger partial charge in [-0.25, -0.2) is 4.79 Å². The molecule has 40 heavy (non-hydrogen) atoms. The normalized spacial score (nSPS) is 11.4. The highest BCUT2D eigenvalue weighted by Crippen LogP contribution is 2.34. The summed E-state index contributed by atoms with van der Waals surface area (Å²) < 4.78 is 28.2. The molecule has 9 heteroatoms. The summed E-state index contributed by atoms with van der Waals surface area (Å²) in [5, 5.41) is 2.71. The average molecular weight is 544 g/mol. The number of esters is 1. The molecule has 0 bridgehead atoms. The molecule has 0 amide bonds. The third kappa shape index (κ3) is 5.34. The lowest BCUT2D eigenvalue weighted by Crippen LogP contribution is -2.33. The molecule has 0 saturated heterocycles. The summed E-state index contributed by atoms with van der Waals surface area (Å²) in [6.45, 7) is 2.90. The van der Waals surface area contributed by atoms with Gasteiger partial charge in [-0.05, 0) is 35.0 Å². The first-order valence-electron chi connectivity index (χ1n) is 12.9. The molecule has 0 atom stereocenters. The third-order valence-corrected chi connectivity index (χ3v) is 6.73. The van der Waals surface area contributed by atoms with Gasteiger partial charge in [0.2, 0.25) is 5.88 Å². The van der Waals surface area contributed by atoms with E-state index in [0.717, 1.165) is 10.8 Å². The van der Waals surface area contributed by atoms with Gasteiger partial charge in [0.15, 0.2) is 5.43 Å². The number of carbonyl (C=O) groups is 1. The van der Waals surface area contributed by atoms with Crippen LogP contribution in [0.1, 0.15) is 18.1 Å². The van der Waals surface area contributed by atoms with Crippen LogP contribution in [-0.2, 0) is 20.7 Å². The van der Waals surface area contributed by atoms with Crippen molar-refractivity contribution in [3.8, 4) is 5.75 Å². The highest BCUT2D eigenvalue weighted by atomic mass is 16.5. The van der Waals surface area contributed by atoms with Crippen LogP contribution in [0.2, 0.25) is 0 Å². The molecule has 0 fully saturated rings. The van der Waals surface area contributed by atoms with E-state index in [4.69, 9.17) is 23.0 Å². The summed E-state index contributed by atoms with van der Waals surface area (Å²) >= 11 is 0. The first-order valence-corrected chi connectivity index (χ1v) is 12.9. The molecule has 0 saturated carbocycles. The van der Waals surface area contributed by atoms with E-state index in [9.17, 15) is 14.4 Å². The molecule has 0 unspecified atom stereocenters. The van der Waals surface area contributed by atoms with E-state index in [0.29, 0.717) is 59.7 Å². The van der Waals surface area contributed by atoms with Crippen LogP contribution in [0.5, 0.6) is 5.75 Å². The summed E-state index contributed by atoms with van der Waals surface area (Å²) in [7, 11) is 3.20. The summed E-state index contributed by atoms with van der Waals surface area (Å²) in [6.07, 6.45) is -0.0276. The summed E-state index contributed by atoms with van der Waals surface area (Å²) in [6, 6.07) is 17.6. The van der Waals surface area contributed by atoms with Crippen molar-refractivity contribution in [3.63, 3.8) is 0 Å². The molecule has 0 N–H and O–H groups in total. The molecule has 0 radical (unpaired) electrons. The van der Waals surface area contributed by atoms with Crippen molar-refractivity contribution in [2.45, 2.75) is 13.3 Å². The van der Waals surface area contributed by atoms with Crippen LogP contribution in [0.25, 0.3) is 32.7 Å².